The van der Waals surface area contributed by atoms with Gasteiger partial charge < -0.3 is 14.6 Å². The summed E-state index contributed by atoms with van der Waals surface area (Å²) in [5.74, 6) is 1.38. The van der Waals surface area contributed by atoms with Crippen LogP contribution in [0.1, 0.15) is 36.5 Å². The first kappa shape index (κ1) is 19.9. The largest absolute Gasteiger partial charge is 0.491 e. The molecular weight excluding hydrogens is 338 g/mol. The number of hydrogen-bond acceptors (Lipinski definition) is 4. The number of aliphatic hydroxyl groups is 1. The smallest absolute Gasteiger partial charge is 0.119 e. The fourth-order valence-electron chi connectivity index (χ4n) is 3.45. The van der Waals surface area contributed by atoms with Crippen LogP contribution >= 0.6 is 0 Å². The molecule has 0 bridgehead atoms. The predicted molar refractivity (Wildman–Crippen MR) is 108 cm³/mol. The summed E-state index contributed by atoms with van der Waals surface area (Å²) in [6.07, 6.45) is 0.577. The van der Waals surface area contributed by atoms with E-state index < -0.39 is 6.10 Å². The molecule has 4 heteroatoms. The summed E-state index contributed by atoms with van der Waals surface area (Å²) in [5.41, 5.74) is 4.11. The van der Waals surface area contributed by atoms with E-state index in [1.807, 2.05) is 12.1 Å². The van der Waals surface area contributed by atoms with Crippen molar-refractivity contribution >= 4 is 0 Å². The molecule has 27 heavy (non-hydrogen) atoms. The average molecular weight is 370 g/mol. The number of fused-ring (bicyclic) bond motifs is 1. The van der Waals surface area contributed by atoms with E-state index in [1.165, 1.54) is 16.7 Å². The van der Waals surface area contributed by atoms with Crippen LogP contribution in [0.25, 0.3) is 0 Å². The van der Waals surface area contributed by atoms with E-state index in [0.717, 1.165) is 25.3 Å². The lowest BCUT2D eigenvalue weighted by Gasteiger charge is -2.30. The monoisotopic (exact) mass is 369 g/mol. The normalized spacial score (nSPS) is 15.6. The maximum absolute atomic E-state index is 10.2. The Bertz CT molecular complexity index is 699. The van der Waals surface area contributed by atoms with Crippen LogP contribution in [0.4, 0.5) is 0 Å². The minimum absolute atomic E-state index is 0.341. The van der Waals surface area contributed by atoms with Gasteiger partial charge in [0.05, 0.1) is 19.3 Å². The molecular formula is C23H31NO3. The Hall–Kier alpha value is -1.88. The van der Waals surface area contributed by atoms with Crippen molar-refractivity contribution < 1.29 is 14.6 Å². The Morgan fingerprint density at radius 3 is 2.48 bits per heavy atom. The highest BCUT2D eigenvalue weighted by molar-refractivity contribution is 5.29. The van der Waals surface area contributed by atoms with Gasteiger partial charge in [0.25, 0.3) is 0 Å². The maximum Gasteiger partial charge on any atom is 0.119 e. The van der Waals surface area contributed by atoms with Crippen molar-refractivity contribution in [3.63, 3.8) is 0 Å². The number of aliphatic hydroxyl groups excluding tert-OH is 1. The molecule has 0 saturated heterocycles. The summed E-state index contributed by atoms with van der Waals surface area (Å²) in [5, 5.41) is 10.2. The summed E-state index contributed by atoms with van der Waals surface area (Å²) in [4.78, 5) is 2.29. The van der Waals surface area contributed by atoms with E-state index >= 15 is 0 Å². The van der Waals surface area contributed by atoms with Crippen LogP contribution in [0.3, 0.4) is 0 Å². The number of nitrogens with zero attached hydrogens (tertiary/aromatic N) is 1. The molecule has 2 aromatic rings. The Labute approximate surface area is 162 Å². The van der Waals surface area contributed by atoms with Crippen molar-refractivity contribution in [2.45, 2.75) is 38.8 Å². The molecule has 1 aliphatic heterocycles. The summed E-state index contributed by atoms with van der Waals surface area (Å²) in [7, 11) is 0. The first-order valence-corrected chi connectivity index (χ1v) is 9.89. The van der Waals surface area contributed by atoms with Gasteiger partial charge in [-0.1, -0.05) is 50.2 Å². The first-order chi connectivity index (χ1) is 13.1. The summed E-state index contributed by atoms with van der Waals surface area (Å²) >= 11 is 0. The van der Waals surface area contributed by atoms with Crippen LogP contribution in [-0.4, -0.2) is 49.0 Å². The molecule has 0 amide bonds. The van der Waals surface area contributed by atoms with Crippen molar-refractivity contribution in [2.24, 2.45) is 0 Å². The lowest BCUT2D eigenvalue weighted by Crippen LogP contribution is -2.38. The highest BCUT2D eigenvalue weighted by Gasteiger charge is 2.18. The van der Waals surface area contributed by atoms with Crippen LogP contribution in [0.2, 0.25) is 0 Å². The van der Waals surface area contributed by atoms with Crippen molar-refractivity contribution in [1.29, 1.82) is 0 Å². The van der Waals surface area contributed by atoms with Gasteiger partial charge in [-0.25, -0.2) is 0 Å². The topological polar surface area (TPSA) is 41.9 Å². The Morgan fingerprint density at radius 1 is 1.00 bits per heavy atom. The molecule has 0 radical (unpaired) electrons. The zero-order valence-corrected chi connectivity index (χ0v) is 16.4. The van der Waals surface area contributed by atoms with Crippen molar-refractivity contribution in [1.82, 2.24) is 4.90 Å². The van der Waals surface area contributed by atoms with E-state index in [-0.39, 0.29) is 0 Å². The van der Waals surface area contributed by atoms with Crippen LogP contribution in [0.5, 0.6) is 5.75 Å². The van der Waals surface area contributed by atoms with Crippen molar-refractivity contribution in [2.75, 3.05) is 32.9 Å². The molecule has 0 spiro atoms. The van der Waals surface area contributed by atoms with Crippen molar-refractivity contribution in [3.05, 3.63) is 65.2 Å². The highest BCUT2D eigenvalue weighted by Crippen LogP contribution is 2.19. The molecule has 1 heterocycles. The molecule has 0 aromatic heterocycles. The summed E-state index contributed by atoms with van der Waals surface area (Å²) in [6, 6.07) is 16.7. The number of ether oxygens (including phenoxy) is 2. The van der Waals surface area contributed by atoms with E-state index in [9.17, 15) is 5.11 Å². The van der Waals surface area contributed by atoms with Gasteiger partial charge in [-0.05, 0) is 41.2 Å². The fraction of sp³-hybridized carbons (Fsp3) is 0.478. The van der Waals surface area contributed by atoms with Gasteiger partial charge in [0.1, 0.15) is 12.4 Å². The molecule has 1 N–H and O–H groups in total. The predicted octanol–water partition coefficient (Wildman–Crippen LogP) is 3.62. The number of hydrogen-bond donors (Lipinski definition) is 1. The second-order valence-electron chi connectivity index (χ2n) is 7.55. The van der Waals surface area contributed by atoms with Gasteiger partial charge in [0.2, 0.25) is 0 Å². The summed E-state index contributed by atoms with van der Waals surface area (Å²) < 4.78 is 11.3. The molecule has 3 rings (SSSR count). The SMILES string of the molecule is CC(C)c1ccc(OCCOC[C@@H](O)CN2CCc3ccccc3C2)cc1. The Morgan fingerprint density at radius 2 is 1.74 bits per heavy atom. The zero-order valence-electron chi connectivity index (χ0n) is 16.4. The van der Waals surface area contributed by atoms with Crippen LogP contribution in [0, 0.1) is 0 Å². The summed E-state index contributed by atoms with van der Waals surface area (Å²) in [6.45, 7) is 8.21. The van der Waals surface area contributed by atoms with Crippen LogP contribution < -0.4 is 4.74 Å². The number of benzene rings is 2. The molecule has 4 nitrogen and oxygen atoms in total. The molecule has 0 unspecified atom stereocenters. The molecule has 0 fully saturated rings. The highest BCUT2D eigenvalue weighted by atomic mass is 16.5. The number of β-amino-alcohol motifs (C(OH)–C–C–N with tert-alkyl or cyclic N) is 1. The second-order valence-corrected chi connectivity index (χ2v) is 7.55. The van der Waals surface area contributed by atoms with Gasteiger partial charge in [0.15, 0.2) is 0 Å². The third-order valence-electron chi connectivity index (χ3n) is 5.03. The molecule has 1 atom stereocenters. The minimum Gasteiger partial charge on any atom is -0.491 e. The van der Waals surface area contributed by atoms with Gasteiger partial charge in [0, 0.05) is 19.6 Å². The van der Waals surface area contributed by atoms with Gasteiger partial charge in [-0.15, -0.1) is 0 Å². The first-order valence-electron chi connectivity index (χ1n) is 9.89. The van der Waals surface area contributed by atoms with E-state index in [0.29, 0.717) is 32.3 Å². The maximum atomic E-state index is 10.2. The van der Waals surface area contributed by atoms with Gasteiger partial charge >= 0.3 is 0 Å². The lowest BCUT2D eigenvalue weighted by molar-refractivity contribution is 0.00589. The average Bonchev–Trinajstić information content (AvgIpc) is 2.68. The number of rotatable bonds is 9. The Kier molecular flexibility index (Phi) is 7.27. The van der Waals surface area contributed by atoms with Crippen LogP contribution in [0.15, 0.2) is 48.5 Å². The third kappa shape index (κ3) is 6.06. The van der Waals surface area contributed by atoms with E-state index in [4.69, 9.17) is 9.47 Å². The molecule has 0 saturated carbocycles. The standard InChI is InChI=1S/C23H31NO3/c1-18(2)19-7-9-23(10-8-19)27-14-13-26-17-22(25)16-24-12-11-20-5-3-4-6-21(20)15-24/h3-10,18,22,25H,11-17H2,1-2H3/t22-/m0/s1. The fourth-order valence-corrected chi connectivity index (χ4v) is 3.45. The van der Waals surface area contributed by atoms with E-state index in [2.05, 4.69) is 55.1 Å². The molecule has 146 valence electrons. The second kappa shape index (κ2) is 9.88. The van der Waals surface area contributed by atoms with Crippen LogP contribution in [-0.2, 0) is 17.7 Å². The molecule has 1 aliphatic rings. The van der Waals surface area contributed by atoms with Crippen molar-refractivity contribution in [3.8, 4) is 5.75 Å². The van der Waals surface area contributed by atoms with Gasteiger partial charge in [-0.3, -0.25) is 4.90 Å². The molecule has 0 aliphatic carbocycles. The van der Waals surface area contributed by atoms with E-state index in [1.54, 1.807) is 0 Å². The lowest BCUT2D eigenvalue weighted by atomic mass is 10.00. The Balaban J connectivity index is 1.30. The quantitative estimate of drug-likeness (QED) is 0.686. The minimum atomic E-state index is -0.472. The molecule has 2 aromatic carbocycles. The zero-order chi connectivity index (χ0) is 19.1. The van der Waals surface area contributed by atoms with Gasteiger partial charge in [-0.2, -0.15) is 0 Å². The third-order valence-corrected chi connectivity index (χ3v) is 5.03.